The number of rotatable bonds is 2. The van der Waals surface area contributed by atoms with Gasteiger partial charge in [0.1, 0.15) is 5.52 Å². The lowest BCUT2D eigenvalue weighted by molar-refractivity contribution is 0.712. The predicted molar refractivity (Wildman–Crippen MR) is 53.8 cm³/mol. The van der Waals surface area contributed by atoms with Crippen molar-refractivity contribution in [1.82, 2.24) is 19.7 Å². The highest BCUT2D eigenvalue weighted by molar-refractivity contribution is 7.80. The van der Waals surface area contributed by atoms with Crippen LogP contribution in [0.25, 0.3) is 11.0 Å². The first kappa shape index (κ1) is 8.50. The van der Waals surface area contributed by atoms with Crippen molar-refractivity contribution in [3.63, 3.8) is 0 Å². The summed E-state index contributed by atoms with van der Waals surface area (Å²) in [6, 6.07) is 0. The molecule has 0 aliphatic rings. The van der Waals surface area contributed by atoms with Gasteiger partial charge in [-0.1, -0.05) is 6.92 Å². The van der Waals surface area contributed by atoms with Crippen molar-refractivity contribution in [3.8, 4) is 0 Å². The van der Waals surface area contributed by atoms with E-state index in [1.54, 1.807) is 18.7 Å². The molecule has 0 spiro atoms. The minimum atomic E-state index is 0.311. The van der Waals surface area contributed by atoms with Crippen LogP contribution in [0.2, 0.25) is 0 Å². The third-order valence-corrected chi connectivity index (χ3v) is 1.96. The van der Waals surface area contributed by atoms with Gasteiger partial charge >= 0.3 is 0 Å². The number of aromatic nitrogens is 4. The number of hydrogen-bond donors (Lipinski definition) is 1. The van der Waals surface area contributed by atoms with Crippen LogP contribution in [0.1, 0.15) is 6.92 Å². The fraction of sp³-hybridized carbons (Fsp3) is 0.375. The molecule has 0 radical (unpaired) electrons. The van der Waals surface area contributed by atoms with Gasteiger partial charge < -0.3 is 4.57 Å². The minimum absolute atomic E-state index is 0.311. The van der Waals surface area contributed by atoms with Gasteiger partial charge in [-0.05, 0) is 0 Å². The van der Waals surface area contributed by atoms with Crippen molar-refractivity contribution in [3.05, 3.63) is 18.7 Å². The molecule has 0 saturated carbocycles. The summed E-state index contributed by atoms with van der Waals surface area (Å²) in [7, 11) is 0. The van der Waals surface area contributed by atoms with Crippen molar-refractivity contribution >= 4 is 23.7 Å². The van der Waals surface area contributed by atoms with Gasteiger partial charge in [0.25, 0.3) is 0 Å². The molecule has 13 heavy (non-hydrogen) atoms. The molecule has 2 rings (SSSR count). The topological polar surface area (TPSA) is 43.6 Å². The Morgan fingerprint density at radius 1 is 1.46 bits per heavy atom. The predicted octanol–water partition coefficient (Wildman–Crippen LogP) is 1.14. The van der Waals surface area contributed by atoms with Crippen LogP contribution in [0.4, 0.5) is 0 Å². The van der Waals surface area contributed by atoms with E-state index in [1.807, 2.05) is 11.5 Å². The van der Waals surface area contributed by atoms with Crippen LogP contribution in [0.5, 0.6) is 0 Å². The maximum absolute atomic E-state index is 4.33. The van der Waals surface area contributed by atoms with E-state index >= 15 is 0 Å². The van der Waals surface area contributed by atoms with Crippen LogP contribution in [0.3, 0.4) is 0 Å². The van der Waals surface area contributed by atoms with Crippen LogP contribution in [-0.2, 0) is 6.54 Å². The molecule has 2 heterocycles. The first-order valence-electron chi connectivity index (χ1n) is 4.07. The number of nitrogens with zero attached hydrogens (tertiary/aromatic N) is 4. The molecule has 4 nitrogen and oxygen atoms in total. The van der Waals surface area contributed by atoms with Crippen molar-refractivity contribution in [2.75, 3.05) is 0 Å². The second kappa shape index (κ2) is 3.33. The van der Waals surface area contributed by atoms with E-state index in [2.05, 4.69) is 27.8 Å². The molecule has 0 bridgehead atoms. The molecule has 0 aromatic carbocycles. The van der Waals surface area contributed by atoms with Gasteiger partial charge in [0.15, 0.2) is 0 Å². The highest BCUT2D eigenvalue weighted by Gasteiger charge is 2.03. The van der Waals surface area contributed by atoms with Crippen LogP contribution >= 0.6 is 12.6 Å². The normalized spacial score (nSPS) is 13.4. The fourth-order valence-corrected chi connectivity index (χ4v) is 1.43. The maximum atomic E-state index is 4.33. The lowest BCUT2D eigenvalue weighted by Gasteiger charge is -2.05. The summed E-state index contributed by atoms with van der Waals surface area (Å²) >= 11 is 4.33. The van der Waals surface area contributed by atoms with E-state index in [0.717, 1.165) is 17.6 Å². The number of thiol groups is 1. The van der Waals surface area contributed by atoms with Crippen molar-refractivity contribution < 1.29 is 0 Å². The summed E-state index contributed by atoms with van der Waals surface area (Å²) in [6.45, 7) is 2.88. The first-order valence-corrected chi connectivity index (χ1v) is 4.58. The monoisotopic (exact) mass is 194 g/mol. The standard InChI is InChI=1S/C8H10N4S/c1-6(13)4-12-5-9-7-2-10-11-3-8(7)12/h2-3,5-6,13H,4H2,1H3. The molecular formula is C8H10N4S. The van der Waals surface area contributed by atoms with Crippen LogP contribution in [0, 0.1) is 0 Å². The summed E-state index contributed by atoms with van der Waals surface area (Å²) in [6.07, 6.45) is 5.17. The van der Waals surface area contributed by atoms with E-state index < -0.39 is 0 Å². The quantitative estimate of drug-likeness (QED) is 0.729. The van der Waals surface area contributed by atoms with Gasteiger partial charge in [-0.25, -0.2) is 4.98 Å². The Morgan fingerprint density at radius 3 is 3.00 bits per heavy atom. The van der Waals surface area contributed by atoms with Crippen LogP contribution < -0.4 is 0 Å². The number of imidazole rings is 1. The molecule has 0 aliphatic carbocycles. The fourth-order valence-electron chi connectivity index (χ4n) is 1.25. The summed E-state index contributed by atoms with van der Waals surface area (Å²) in [4.78, 5) is 4.20. The zero-order valence-electron chi connectivity index (χ0n) is 7.25. The largest absolute Gasteiger partial charge is 0.328 e. The van der Waals surface area contributed by atoms with E-state index in [4.69, 9.17) is 0 Å². The molecule has 68 valence electrons. The van der Waals surface area contributed by atoms with Gasteiger partial charge in [0, 0.05) is 11.8 Å². The molecule has 1 unspecified atom stereocenters. The summed E-state index contributed by atoms with van der Waals surface area (Å²) in [5.74, 6) is 0. The van der Waals surface area contributed by atoms with Crippen molar-refractivity contribution in [2.45, 2.75) is 18.7 Å². The first-order chi connectivity index (χ1) is 6.27. The van der Waals surface area contributed by atoms with Crippen LogP contribution in [-0.4, -0.2) is 25.0 Å². The average Bonchev–Trinajstić information content (AvgIpc) is 2.48. The number of fused-ring (bicyclic) bond motifs is 1. The second-order valence-corrected chi connectivity index (χ2v) is 3.89. The summed E-state index contributed by atoms with van der Waals surface area (Å²) in [5, 5.41) is 7.89. The zero-order chi connectivity index (χ0) is 9.26. The Balaban J connectivity index is 2.46. The van der Waals surface area contributed by atoms with Gasteiger partial charge in [-0.2, -0.15) is 22.8 Å². The average molecular weight is 194 g/mol. The summed E-state index contributed by atoms with van der Waals surface area (Å²) in [5.41, 5.74) is 1.89. The van der Waals surface area contributed by atoms with Gasteiger partial charge in [0.2, 0.25) is 0 Å². The number of hydrogen-bond acceptors (Lipinski definition) is 4. The van der Waals surface area contributed by atoms with Crippen molar-refractivity contribution in [1.29, 1.82) is 0 Å². The Labute approximate surface area is 81.4 Å². The molecule has 0 amide bonds. The smallest absolute Gasteiger partial charge is 0.110 e. The van der Waals surface area contributed by atoms with E-state index in [-0.39, 0.29) is 0 Å². The molecule has 1 atom stereocenters. The Morgan fingerprint density at radius 2 is 2.23 bits per heavy atom. The molecule has 0 saturated heterocycles. The van der Waals surface area contributed by atoms with Crippen LogP contribution in [0.15, 0.2) is 18.7 Å². The minimum Gasteiger partial charge on any atom is -0.328 e. The third kappa shape index (κ3) is 1.65. The van der Waals surface area contributed by atoms with E-state index in [1.165, 1.54) is 0 Å². The lowest BCUT2D eigenvalue weighted by Crippen LogP contribution is -2.05. The maximum Gasteiger partial charge on any atom is 0.110 e. The van der Waals surface area contributed by atoms with Gasteiger partial charge in [-0.3, -0.25) is 0 Å². The molecule has 2 aromatic heterocycles. The Kier molecular flexibility index (Phi) is 2.18. The molecular weight excluding hydrogens is 184 g/mol. The third-order valence-electron chi connectivity index (χ3n) is 1.80. The highest BCUT2D eigenvalue weighted by atomic mass is 32.1. The second-order valence-electron chi connectivity index (χ2n) is 3.01. The molecule has 2 aromatic rings. The Hall–Kier alpha value is -1.10. The molecule has 0 fully saturated rings. The highest BCUT2D eigenvalue weighted by Crippen LogP contribution is 2.10. The molecule has 0 N–H and O–H groups in total. The van der Waals surface area contributed by atoms with Crippen molar-refractivity contribution in [2.24, 2.45) is 0 Å². The van der Waals surface area contributed by atoms with Gasteiger partial charge in [0.05, 0.1) is 24.2 Å². The van der Waals surface area contributed by atoms with E-state index in [0.29, 0.717) is 5.25 Å². The van der Waals surface area contributed by atoms with E-state index in [9.17, 15) is 0 Å². The zero-order valence-corrected chi connectivity index (χ0v) is 8.15. The molecule has 5 heteroatoms. The van der Waals surface area contributed by atoms with Gasteiger partial charge in [-0.15, -0.1) is 0 Å². The SMILES string of the molecule is CC(S)Cn1cnc2cnncc21. The molecule has 0 aliphatic heterocycles. The lowest BCUT2D eigenvalue weighted by atomic mass is 10.4. The Bertz CT molecular complexity index is 409. The summed E-state index contributed by atoms with van der Waals surface area (Å²) < 4.78 is 2.03.